The van der Waals surface area contributed by atoms with Gasteiger partial charge in [0.25, 0.3) is 5.91 Å². The van der Waals surface area contributed by atoms with Gasteiger partial charge in [-0.15, -0.1) is 0 Å². The first-order valence-electron chi connectivity index (χ1n) is 7.30. The van der Waals surface area contributed by atoms with Gasteiger partial charge in [-0.25, -0.2) is 4.98 Å². The molecule has 0 saturated carbocycles. The number of carbonyl (C=O) groups excluding carboxylic acids is 2. The molecule has 0 atom stereocenters. The number of likely N-dealkylation sites (tertiary alicyclic amines) is 1. The zero-order valence-electron chi connectivity index (χ0n) is 12.1. The number of hydrogen-bond acceptors (Lipinski definition) is 3. The molecule has 1 aliphatic heterocycles. The molecule has 5 nitrogen and oxygen atoms in total. The SMILES string of the molecule is CCCC(=O)NC1CCN(C(=O)c2ccnc(Br)c2)CC1. The molecule has 21 heavy (non-hydrogen) atoms. The van der Waals surface area contributed by atoms with Crippen molar-refractivity contribution in [3.8, 4) is 0 Å². The second kappa shape index (κ2) is 7.54. The summed E-state index contributed by atoms with van der Waals surface area (Å²) in [6, 6.07) is 3.65. The Morgan fingerprint density at radius 2 is 2.14 bits per heavy atom. The van der Waals surface area contributed by atoms with Crippen molar-refractivity contribution < 1.29 is 9.59 Å². The van der Waals surface area contributed by atoms with Crippen LogP contribution in [0, 0.1) is 0 Å². The highest BCUT2D eigenvalue weighted by Gasteiger charge is 2.24. The lowest BCUT2D eigenvalue weighted by Gasteiger charge is -2.32. The van der Waals surface area contributed by atoms with Crippen LogP contribution in [-0.2, 0) is 4.79 Å². The lowest BCUT2D eigenvalue weighted by Crippen LogP contribution is -2.46. The van der Waals surface area contributed by atoms with Crippen molar-refractivity contribution in [2.24, 2.45) is 0 Å². The Morgan fingerprint density at radius 3 is 2.76 bits per heavy atom. The van der Waals surface area contributed by atoms with Crippen molar-refractivity contribution >= 4 is 27.7 Å². The average molecular weight is 354 g/mol. The Hall–Kier alpha value is -1.43. The third kappa shape index (κ3) is 4.52. The molecule has 114 valence electrons. The summed E-state index contributed by atoms with van der Waals surface area (Å²) in [4.78, 5) is 29.8. The summed E-state index contributed by atoms with van der Waals surface area (Å²) < 4.78 is 0.662. The van der Waals surface area contributed by atoms with E-state index in [1.54, 1.807) is 18.3 Å². The van der Waals surface area contributed by atoms with Gasteiger partial charge in [0.05, 0.1) is 0 Å². The van der Waals surface area contributed by atoms with Crippen LogP contribution < -0.4 is 5.32 Å². The molecule has 1 aromatic rings. The molecule has 2 amide bonds. The van der Waals surface area contributed by atoms with E-state index in [-0.39, 0.29) is 17.9 Å². The number of aromatic nitrogens is 1. The fraction of sp³-hybridized carbons (Fsp3) is 0.533. The summed E-state index contributed by atoms with van der Waals surface area (Å²) in [6.07, 6.45) is 4.68. The maximum Gasteiger partial charge on any atom is 0.254 e. The first-order chi connectivity index (χ1) is 10.1. The Bertz CT molecular complexity index is 513. The lowest BCUT2D eigenvalue weighted by molar-refractivity contribution is -0.122. The topological polar surface area (TPSA) is 62.3 Å². The van der Waals surface area contributed by atoms with Crippen molar-refractivity contribution in [2.45, 2.75) is 38.6 Å². The second-order valence-electron chi connectivity index (χ2n) is 5.25. The third-order valence-corrected chi connectivity index (χ3v) is 4.03. The molecule has 1 fully saturated rings. The molecule has 2 heterocycles. The molecule has 1 aliphatic rings. The summed E-state index contributed by atoms with van der Waals surface area (Å²) in [5.74, 6) is 0.136. The lowest BCUT2D eigenvalue weighted by atomic mass is 10.0. The molecule has 1 saturated heterocycles. The number of hydrogen-bond donors (Lipinski definition) is 1. The van der Waals surface area contributed by atoms with E-state index in [0.717, 1.165) is 19.3 Å². The van der Waals surface area contributed by atoms with Crippen LogP contribution in [0.25, 0.3) is 0 Å². The molecular weight excluding hydrogens is 334 g/mol. The molecule has 1 N–H and O–H groups in total. The Kier molecular flexibility index (Phi) is 5.73. The highest BCUT2D eigenvalue weighted by atomic mass is 79.9. The summed E-state index contributed by atoms with van der Waals surface area (Å²) in [6.45, 7) is 3.35. The third-order valence-electron chi connectivity index (χ3n) is 3.60. The summed E-state index contributed by atoms with van der Waals surface area (Å²) in [5, 5.41) is 3.03. The van der Waals surface area contributed by atoms with E-state index in [1.165, 1.54) is 0 Å². The van der Waals surface area contributed by atoms with Gasteiger partial charge in [0.15, 0.2) is 0 Å². The van der Waals surface area contributed by atoms with E-state index in [2.05, 4.69) is 26.2 Å². The molecule has 0 aliphatic carbocycles. The van der Waals surface area contributed by atoms with Gasteiger partial charge in [-0.2, -0.15) is 0 Å². The van der Waals surface area contributed by atoms with Crippen LogP contribution in [0.3, 0.4) is 0 Å². The molecule has 6 heteroatoms. The van der Waals surface area contributed by atoms with E-state index in [4.69, 9.17) is 0 Å². The van der Waals surface area contributed by atoms with Gasteiger partial charge < -0.3 is 10.2 Å². The standard InChI is InChI=1S/C15H20BrN3O2/c1-2-3-14(20)18-12-5-8-19(9-6-12)15(21)11-4-7-17-13(16)10-11/h4,7,10,12H,2-3,5-6,8-9H2,1H3,(H,18,20). The number of nitrogens with one attached hydrogen (secondary N) is 1. The smallest absolute Gasteiger partial charge is 0.254 e. The van der Waals surface area contributed by atoms with Crippen molar-refractivity contribution in [2.75, 3.05) is 13.1 Å². The monoisotopic (exact) mass is 353 g/mol. The van der Waals surface area contributed by atoms with Gasteiger partial charge in [-0.3, -0.25) is 9.59 Å². The maximum absolute atomic E-state index is 12.4. The number of rotatable bonds is 4. The second-order valence-corrected chi connectivity index (χ2v) is 6.06. The van der Waals surface area contributed by atoms with Crippen LogP contribution in [0.1, 0.15) is 43.0 Å². The van der Waals surface area contributed by atoms with E-state index in [9.17, 15) is 9.59 Å². The highest BCUT2D eigenvalue weighted by Crippen LogP contribution is 2.16. The van der Waals surface area contributed by atoms with Crippen LogP contribution in [0.15, 0.2) is 22.9 Å². The van der Waals surface area contributed by atoms with Crippen LogP contribution in [0.5, 0.6) is 0 Å². The van der Waals surface area contributed by atoms with Crippen LogP contribution >= 0.6 is 15.9 Å². The van der Waals surface area contributed by atoms with Gasteiger partial charge in [0.1, 0.15) is 4.60 Å². The molecule has 2 rings (SSSR count). The predicted molar refractivity (Wildman–Crippen MR) is 83.9 cm³/mol. The number of piperidine rings is 1. The highest BCUT2D eigenvalue weighted by molar-refractivity contribution is 9.10. The zero-order chi connectivity index (χ0) is 15.2. The minimum absolute atomic E-state index is 0.0245. The number of amides is 2. The van der Waals surface area contributed by atoms with Gasteiger partial charge in [0.2, 0.25) is 5.91 Å². The molecule has 0 bridgehead atoms. The van der Waals surface area contributed by atoms with Crippen molar-refractivity contribution in [1.82, 2.24) is 15.2 Å². The van der Waals surface area contributed by atoms with Crippen molar-refractivity contribution in [1.29, 1.82) is 0 Å². The molecular formula is C15H20BrN3O2. The normalized spacial score (nSPS) is 15.8. The van der Waals surface area contributed by atoms with E-state index in [0.29, 0.717) is 29.7 Å². The zero-order valence-corrected chi connectivity index (χ0v) is 13.7. The number of nitrogens with zero attached hydrogens (tertiary/aromatic N) is 2. The minimum Gasteiger partial charge on any atom is -0.353 e. The van der Waals surface area contributed by atoms with Gasteiger partial charge in [-0.1, -0.05) is 6.92 Å². The molecule has 1 aromatic heterocycles. The molecule has 0 aromatic carbocycles. The molecule has 0 radical (unpaired) electrons. The first-order valence-corrected chi connectivity index (χ1v) is 8.09. The largest absolute Gasteiger partial charge is 0.353 e. The van der Waals surface area contributed by atoms with Gasteiger partial charge in [-0.05, 0) is 47.3 Å². The van der Waals surface area contributed by atoms with Crippen molar-refractivity contribution in [3.63, 3.8) is 0 Å². The Morgan fingerprint density at radius 1 is 1.43 bits per heavy atom. The molecule has 0 spiro atoms. The predicted octanol–water partition coefficient (Wildman–Crippen LogP) is 2.37. The van der Waals surface area contributed by atoms with Crippen LogP contribution in [0.2, 0.25) is 0 Å². The number of carbonyl (C=O) groups is 2. The Balaban J connectivity index is 1.86. The summed E-state index contributed by atoms with van der Waals surface area (Å²) in [7, 11) is 0. The van der Waals surface area contributed by atoms with Crippen LogP contribution in [-0.4, -0.2) is 40.8 Å². The minimum atomic E-state index is 0.0245. The van der Waals surface area contributed by atoms with E-state index in [1.807, 2.05) is 11.8 Å². The van der Waals surface area contributed by atoms with Gasteiger partial charge in [0, 0.05) is 37.3 Å². The number of pyridine rings is 1. The number of halogens is 1. The Labute approximate surface area is 133 Å². The average Bonchev–Trinajstić information content (AvgIpc) is 2.47. The van der Waals surface area contributed by atoms with E-state index < -0.39 is 0 Å². The summed E-state index contributed by atoms with van der Waals surface area (Å²) >= 11 is 3.28. The fourth-order valence-corrected chi connectivity index (χ4v) is 2.84. The molecule has 0 unspecified atom stereocenters. The fourth-order valence-electron chi connectivity index (χ4n) is 2.47. The van der Waals surface area contributed by atoms with E-state index >= 15 is 0 Å². The van der Waals surface area contributed by atoms with Gasteiger partial charge >= 0.3 is 0 Å². The maximum atomic E-state index is 12.4. The van der Waals surface area contributed by atoms with Crippen LogP contribution in [0.4, 0.5) is 0 Å². The summed E-state index contributed by atoms with van der Waals surface area (Å²) in [5.41, 5.74) is 0.644. The quantitative estimate of drug-likeness (QED) is 0.845. The van der Waals surface area contributed by atoms with Crippen molar-refractivity contribution in [3.05, 3.63) is 28.5 Å². The first kappa shape index (κ1) is 15.9.